The fourth-order valence-electron chi connectivity index (χ4n) is 1.89. The maximum Gasteiger partial charge on any atom is 0.418 e. The van der Waals surface area contributed by atoms with Crippen molar-refractivity contribution >= 4 is 34.8 Å². The van der Waals surface area contributed by atoms with E-state index in [1.54, 1.807) is 0 Å². The van der Waals surface area contributed by atoms with Crippen LogP contribution in [0.1, 0.15) is 11.1 Å². The maximum absolute atomic E-state index is 13.0. The molecule has 0 aliphatic carbocycles. The van der Waals surface area contributed by atoms with Gasteiger partial charge in [-0.15, -0.1) is 0 Å². The van der Waals surface area contributed by atoms with Crippen molar-refractivity contribution in [2.24, 2.45) is 0 Å². The predicted molar refractivity (Wildman–Crippen MR) is 84.9 cm³/mol. The standard InChI is InChI=1S/C16H9ClF3N3O2/c17-10-4-5-13(12(7-10)16(18,19)20)23-15(25)14(24)22-11-3-1-2-9(6-11)8-21/h1-7H,(H,22,24)(H,23,25). The molecule has 0 aliphatic rings. The number of nitriles is 1. The summed E-state index contributed by atoms with van der Waals surface area (Å²) in [5.41, 5.74) is -1.36. The molecule has 9 heteroatoms. The number of amides is 2. The zero-order valence-electron chi connectivity index (χ0n) is 12.3. The van der Waals surface area contributed by atoms with Crippen molar-refractivity contribution in [3.8, 4) is 6.07 Å². The fourth-order valence-corrected chi connectivity index (χ4v) is 2.07. The number of halogens is 4. The van der Waals surface area contributed by atoms with E-state index < -0.39 is 29.2 Å². The Hall–Kier alpha value is -3.05. The molecule has 0 saturated heterocycles. The lowest BCUT2D eigenvalue weighted by Gasteiger charge is -2.14. The van der Waals surface area contributed by atoms with Gasteiger partial charge < -0.3 is 10.6 Å². The second-order valence-electron chi connectivity index (χ2n) is 4.79. The second-order valence-corrected chi connectivity index (χ2v) is 5.22. The summed E-state index contributed by atoms with van der Waals surface area (Å²) in [5, 5.41) is 12.7. The number of carbonyl (C=O) groups is 2. The van der Waals surface area contributed by atoms with Crippen LogP contribution in [-0.2, 0) is 15.8 Å². The highest BCUT2D eigenvalue weighted by atomic mass is 35.5. The maximum atomic E-state index is 13.0. The minimum Gasteiger partial charge on any atom is -0.318 e. The van der Waals surface area contributed by atoms with E-state index in [-0.39, 0.29) is 16.3 Å². The van der Waals surface area contributed by atoms with Crippen LogP contribution >= 0.6 is 11.6 Å². The van der Waals surface area contributed by atoms with Crippen LogP contribution in [0.15, 0.2) is 42.5 Å². The number of benzene rings is 2. The Morgan fingerprint density at radius 1 is 1.04 bits per heavy atom. The van der Waals surface area contributed by atoms with Crippen LogP contribution < -0.4 is 10.6 Å². The molecule has 0 saturated carbocycles. The van der Waals surface area contributed by atoms with E-state index in [2.05, 4.69) is 5.32 Å². The van der Waals surface area contributed by atoms with Crippen LogP contribution in [0.2, 0.25) is 5.02 Å². The van der Waals surface area contributed by atoms with Crippen molar-refractivity contribution < 1.29 is 22.8 Å². The molecule has 2 aromatic carbocycles. The normalized spacial score (nSPS) is 10.7. The minimum absolute atomic E-state index is 0.159. The molecule has 0 atom stereocenters. The molecular formula is C16H9ClF3N3O2. The lowest BCUT2D eigenvalue weighted by molar-refractivity contribution is -0.137. The van der Waals surface area contributed by atoms with Crippen LogP contribution in [0.25, 0.3) is 0 Å². The summed E-state index contributed by atoms with van der Waals surface area (Å²) in [5.74, 6) is -2.48. The Kier molecular flexibility index (Phi) is 5.29. The van der Waals surface area contributed by atoms with Gasteiger partial charge in [0.25, 0.3) is 0 Å². The molecule has 0 radical (unpaired) electrons. The third kappa shape index (κ3) is 4.71. The molecule has 0 aromatic heterocycles. The van der Waals surface area contributed by atoms with Crippen molar-refractivity contribution in [3.63, 3.8) is 0 Å². The summed E-state index contributed by atoms with van der Waals surface area (Å²) in [6.45, 7) is 0. The van der Waals surface area contributed by atoms with Crippen molar-refractivity contribution in [3.05, 3.63) is 58.6 Å². The van der Waals surface area contributed by atoms with E-state index in [0.29, 0.717) is 6.07 Å². The summed E-state index contributed by atoms with van der Waals surface area (Å²) >= 11 is 5.54. The lowest BCUT2D eigenvalue weighted by Crippen LogP contribution is -2.30. The average Bonchev–Trinajstić information content (AvgIpc) is 2.55. The zero-order chi connectivity index (χ0) is 18.6. The van der Waals surface area contributed by atoms with Crippen molar-refractivity contribution in [1.82, 2.24) is 0 Å². The van der Waals surface area contributed by atoms with Crippen LogP contribution in [0.4, 0.5) is 24.5 Å². The average molecular weight is 368 g/mol. The number of hydrogen-bond donors (Lipinski definition) is 2. The number of rotatable bonds is 2. The molecule has 128 valence electrons. The Bertz CT molecular complexity index is 876. The summed E-state index contributed by atoms with van der Waals surface area (Å²) in [7, 11) is 0. The SMILES string of the molecule is N#Cc1cccc(NC(=O)C(=O)Nc2ccc(Cl)cc2C(F)(F)F)c1. The molecule has 0 spiro atoms. The largest absolute Gasteiger partial charge is 0.418 e. The summed E-state index contributed by atoms with van der Waals surface area (Å²) < 4.78 is 38.9. The number of anilines is 2. The van der Waals surface area contributed by atoms with E-state index >= 15 is 0 Å². The molecule has 25 heavy (non-hydrogen) atoms. The lowest BCUT2D eigenvalue weighted by atomic mass is 10.1. The van der Waals surface area contributed by atoms with Gasteiger partial charge in [-0.3, -0.25) is 9.59 Å². The van der Waals surface area contributed by atoms with Crippen molar-refractivity contribution in [1.29, 1.82) is 5.26 Å². The van der Waals surface area contributed by atoms with Gasteiger partial charge >= 0.3 is 18.0 Å². The Morgan fingerprint density at radius 3 is 2.36 bits per heavy atom. The first-order valence-corrected chi connectivity index (χ1v) is 7.08. The van der Waals surface area contributed by atoms with Gasteiger partial charge in [0.2, 0.25) is 0 Å². The first-order valence-electron chi connectivity index (χ1n) is 6.70. The van der Waals surface area contributed by atoms with Gasteiger partial charge in [-0.1, -0.05) is 17.7 Å². The molecule has 2 rings (SSSR count). The second kappa shape index (κ2) is 7.23. The molecule has 0 unspecified atom stereocenters. The number of hydrogen-bond acceptors (Lipinski definition) is 3. The molecule has 0 bridgehead atoms. The molecule has 0 heterocycles. The number of nitrogens with one attached hydrogen (secondary N) is 2. The van der Waals surface area contributed by atoms with Gasteiger partial charge in [-0.25, -0.2) is 0 Å². The summed E-state index contributed by atoms with van der Waals surface area (Å²) in [4.78, 5) is 23.7. The molecule has 2 amide bonds. The highest BCUT2D eigenvalue weighted by Gasteiger charge is 2.34. The van der Waals surface area contributed by atoms with E-state index in [1.807, 2.05) is 11.4 Å². The molecule has 2 N–H and O–H groups in total. The minimum atomic E-state index is -4.76. The van der Waals surface area contributed by atoms with Crippen LogP contribution in [0, 0.1) is 11.3 Å². The molecule has 0 aliphatic heterocycles. The Balaban J connectivity index is 2.17. The molecule has 0 fully saturated rings. The van der Waals surface area contributed by atoms with Gasteiger partial charge in [-0.2, -0.15) is 18.4 Å². The van der Waals surface area contributed by atoms with E-state index in [1.165, 1.54) is 24.3 Å². The van der Waals surface area contributed by atoms with Gasteiger partial charge in [0.15, 0.2) is 0 Å². The number of alkyl halides is 3. The highest BCUT2D eigenvalue weighted by molar-refractivity contribution is 6.43. The number of carbonyl (C=O) groups excluding carboxylic acids is 2. The fraction of sp³-hybridized carbons (Fsp3) is 0.0625. The smallest absolute Gasteiger partial charge is 0.318 e. The van der Waals surface area contributed by atoms with Gasteiger partial charge in [0.05, 0.1) is 22.9 Å². The van der Waals surface area contributed by atoms with Crippen molar-refractivity contribution in [2.45, 2.75) is 6.18 Å². The van der Waals surface area contributed by atoms with Crippen LogP contribution in [0.5, 0.6) is 0 Å². The summed E-state index contributed by atoms with van der Waals surface area (Å²) in [6, 6.07) is 10.3. The van der Waals surface area contributed by atoms with Crippen LogP contribution in [-0.4, -0.2) is 11.8 Å². The van der Waals surface area contributed by atoms with E-state index in [9.17, 15) is 22.8 Å². The van der Waals surface area contributed by atoms with Gasteiger partial charge in [0, 0.05) is 10.7 Å². The Labute approximate surface area is 145 Å². The third-order valence-corrected chi connectivity index (χ3v) is 3.23. The van der Waals surface area contributed by atoms with Gasteiger partial charge in [-0.05, 0) is 36.4 Å². The predicted octanol–water partition coefficient (Wildman–Crippen LogP) is 3.81. The van der Waals surface area contributed by atoms with Crippen LogP contribution in [0.3, 0.4) is 0 Å². The first-order chi connectivity index (χ1) is 11.7. The van der Waals surface area contributed by atoms with E-state index in [4.69, 9.17) is 16.9 Å². The van der Waals surface area contributed by atoms with Crippen molar-refractivity contribution in [2.75, 3.05) is 10.6 Å². The quantitative estimate of drug-likeness (QED) is 0.792. The Morgan fingerprint density at radius 2 is 1.72 bits per heavy atom. The monoisotopic (exact) mass is 367 g/mol. The topological polar surface area (TPSA) is 82.0 Å². The zero-order valence-corrected chi connectivity index (χ0v) is 13.1. The molecule has 2 aromatic rings. The summed E-state index contributed by atoms with van der Waals surface area (Å²) in [6.07, 6.45) is -4.76. The highest BCUT2D eigenvalue weighted by Crippen LogP contribution is 2.36. The number of nitrogens with zero attached hydrogens (tertiary/aromatic N) is 1. The third-order valence-electron chi connectivity index (χ3n) is 2.99. The molecule has 5 nitrogen and oxygen atoms in total. The first kappa shape index (κ1) is 18.3. The van der Waals surface area contributed by atoms with E-state index in [0.717, 1.165) is 12.1 Å². The van der Waals surface area contributed by atoms with Gasteiger partial charge in [0.1, 0.15) is 0 Å². The molecular weight excluding hydrogens is 359 g/mol.